The lowest BCUT2D eigenvalue weighted by molar-refractivity contribution is -0.147. The first-order valence-corrected chi connectivity index (χ1v) is 16.7. The van der Waals surface area contributed by atoms with Gasteiger partial charge in [-0.3, -0.25) is 9.59 Å². The van der Waals surface area contributed by atoms with Crippen LogP contribution in [0, 0.1) is 11.3 Å². The molecule has 0 aliphatic carbocycles. The van der Waals surface area contributed by atoms with E-state index >= 15 is 0 Å². The second kappa shape index (κ2) is 14.7. The van der Waals surface area contributed by atoms with Crippen molar-refractivity contribution in [2.75, 3.05) is 17.6 Å². The minimum Gasteiger partial charge on any atom is -0.461 e. The number of alkyl halides is 4. The van der Waals surface area contributed by atoms with Crippen LogP contribution in [-0.4, -0.2) is 56.2 Å². The molecule has 4 unspecified atom stereocenters. The standard InChI is InChI=1S/C32H34Cl3IN2O6/c1-31(2,3)26(18-42-30(41)43-19-32(33,34)35)37-28(39)27(25-15-24(16-36)44-29(25)40)38-14-13-23(17-38)22-11-9-21(10-12-22)20-7-5-4-6-8-20/h4-14,17,24-27H,15-16,18-19H2,1-3H3,(H,37,39). The first kappa shape index (κ1) is 34.4. The van der Waals surface area contributed by atoms with Gasteiger partial charge in [0.25, 0.3) is 0 Å². The van der Waals surface area contributed by atoms with E-state index in [1.54, 1.807) is 10.8 Å². The zero-order valence-electron chi connectivity index (χ0n) is 24.5. The molecule has 2 heterocycles. The van der Waals surface area contributed by atoms with E-state index in [0.29, 0.717) is 10.8 Å². The molecule has 0 radical (unpaired) electrons. The average molecular weight is 776 g/mol. The Balaban J connectivity index is 1.56. The fraction of sp³-hybridized carbons (Fsp3) is 0.406. The van der Waals surface area contributed by atoms with Crippen LogP contribution < -0.4 is 5.32 Å². The summed E-state index contributed by atoms with van der Waals surface area (Å²) in [6.45, 7) is 5.00. The molecule has 12 heteroatoms. The number of ether oxygens (including phenoxy) is 3. The largest absolute Gasteiger partial charge is 0.508 e. The van der Waals surface area contributed by atoms with Crippen LogP contribution in [0.15, 0.2) is 73.1 Å². The highest BCUT2D eigenvalue weighted by molar-refractivity contribution is 14.1. The lowest BCUT2D eigenvalue weighted by Gasteiger charge is -2.33. The number of carbonyl (C=O) groups excluding carboxylic acids is 3. The van der Waals surface area contributed by atoms with Crippen LogP contribution in [0.3, 0.4) is 0 Å². The van der Waals surface area contributed by atoms with Gasteiger partial charge in [0.15, 0.2) is 0 Å². The van der Waals surface area contributed by atoms with Crippen molar-refractivity contribution in [3.05, 3.63) is 73.1 Å². The van der Waals surface area contributed by atoms with E-state index in [-0.39, 0.29) is 12.7 Å². The minimum absolute atomic E-state index is 0.198. The molecule has 1 N–H and O–H groups in total. The Morgan fingerprint density at radius 3 is 2.16 bits per heavy atom. The Bertz CT molecular complexity index is 1440. The van der Waals surface area contributed by atoms with Gasteiger partial charge >= 0.3 is 12.1 Å². The van der Waals surface area contributed by atoms with Crippen LogP contribution >= 0.6 is 57.4 Å². The summed E-state index contributed by atoms with van der Waals surface area (Å²) in [4.78, 5) is 39.2. The Morgan fingerprint density at radius 2 is 1.59 bits per heavy atom. The number of carbonyl (C=O) groups is 3. The molecule has 1 aliphatic heterocycles. The quantitative estimate of drug-likeness (QED) is 0.129. The molecule has 4 atom stereocenters. The maximum atomic E-state index is 14.0. The van der Waals surface area contributed by atoms with E-state index in [1.165, 1.54) is 0 Å². The predicted octanol–water partition coefficient (Wildman–Crippen LogP) is 7.78. The number of aromatic nitrogens is 1. The van der Waals surface area contributed by atoms with Crippen molar-refractivity contribution in [2.45, 2.75) is 49.2 Å². The summed E-state index contributed by atoms with van der Waals surface area (Å²) in [5.41, 5.74) is 3.55. The fourth-order valence-corrected chi connectivity index (χ4v) is 5.60. The van der Waals surface area contributed by atoms with E-state index in [0.717, 1.165) is 22.3 Å². The molecule has 4 rings (SSSR count). The van der Waals surface area contributed by atoms with Crippen molar-refractivity contribution < 1.29 is 28.6 Å². The summed E-state index contributed by atoms with van der Waals surface area (Å²) in [5.74, 6) is -1.53. The molecule has 1 saturated heterocycles. The third-order valence-corrected chi connectivity index (χ3v) is 8.68. The van der Waals surface area contributed by atoms with Crippen LogP contribution in [-0.2, 0) is 23.8 Å². The molecule has 236 valence electrons. The first-order valence-electron chi connectivity index (χ1n) is 14.0. The van der Waals surface area contributed by atoms with Crippen molar-refractivity contribution in [1.82, 2.24) is 9.88 Å². The Morgan fingerprint density at radius 1 is 0.977 bits per heavy atom. The predicted molar refractivity (Wildman–Crippen MR) is 180 cm³/mol. The molecule has 1 aliphatic rings. The molecule has 0 bridgehead atoms. The van der Waals surface area contributed by atoms with Crippen molar-refractivity contribution in [3.8, 4) is 22.3 Å². The van der Waals surface area contributed by atoms with Crippen molar-refractivity contribution >= 4 is 75.4 Å². The highest BCUT2D eigenvalue weighted by atomic mass is 127. The number of hydrogen-bond donors (Lipinski definition) is 1. The number of hydrogen-bond acceptors (Lipinski definition) is 6. The summed E-state index contributed by atoms with van der Waals surface area (Å²) in [7, 11) is 0. The van der Waals surface area contributed by atoms with Crippen LogP contribution in [0.4, 0.5) is 4.79 Å². The van der Waals surface area contributed by atoms with Gasteiger partial charge in [-0.25, -0.2) is 4.79 Å². The second-order valence-electron chi connectivity index (χ2n) is 11.7. The molecule has 2 aromatic carbocycles. The number of esters is 1. The molecule has 44 heavy (non-hydrogen) atoms. The topological polar surface area (TPSA) is 95.9 Å². The number of cyclic esters (lactones) is 1. The summed E-state index contributed by atoms with van der Waals surface area (Å²) in [6.07, 6.45) is 2.75. The summed E-state index contributed by atoms with van der Waals surface area (Å²) >= 11 is 19.1. The second-order valence-corrected chi connectivity index (χ2v) is 15.1. The monoisotopic (exact) mass is 774 g/mol. The van der Waals surface area contributed by atoms with Gasteiger partial charge in [0, 0.05) is 23.2 Å². The Kier molecular flexibility index (Phi) is 11.5. The van der Waals surface area contributed by atoms with E-state index in [4.69, 9.17) is 49.0 Å². The van der Waals surface area contributed by atoms with Gasteiger partial charge in [-0.2, -0.15) is 0 Å². The smallest absolute Gasteiger partial charge is 0.461 e. The van der Waals surface area contributed by atoms with E-state index in [1.807, 2.05) is 63.4 Å². The van der Waals surface area contributed by atoms with Crippen LogP contribution in [0.1, 0.15) is 33.2 Å². The third-order valence-electron chi connectivity index (χ3n) is 7.37. The van der Waals surface area contributed by atoms with Crippen molar-refractivity contribution in [1.29, 1.82) is 0 Å². The highest BCUT2D eigenvalue weighted by Gasteiger charge is 2.44. The Hall–Kier alpha value is -2.47. The van der Waals surface area contributed by atoms with Gasteiger partial charge in [0.05, 0.1) is 12.0 Å². The fourth-order valence-electron chi connectivity index (χ4n) is 4.90. The zero-order chi connectivity index (χ0) is 32.1. The molecule has 0 saturated carbocycles. The maximum Gasteiger partial charge on any atom is 0.508 e. The summed E-state index contributed by atoms with van der Waals surface area (Å²) in [5, 5.41) is 3.01. The Labute approximate surface area is 285 Å². The molecule has 3 aromatic rings. The molecular formula is C32H34Cl3IN2O6. The number of benzene rings is 2. The third kappa shape index (κ3) is 9.28. The van der Waals surface area contributed by atoms with Gasteiger partial charge in [0.2, 0.25) is 9.70 Å². The van der Waals surface area contributed by atoms with Crippen LogP contribution in [0.2, 0.25) is 0 Å². The van der Waals surface area contributed by atoms with Crippen molar-refractivity contribution in [2.24, 2.45) is 11.3 Å². The number of nitrogens with one attached hydrogen (secondary N) is 1. The molecular weight excluding hydrogens is 742 g/mol. The van der Waals surface area contributed by atoms with Gasteiger partial charge in [-0.1, -0.05) is 133 Å². The van der Waals surface area contributed by atoms with Gasteiger partial charge in [-0.15, -0.1) is 0 Å². The van der Waals surface area contributed by atoms with Gasteiger partial charge < -0.3 is 24.1 Å². The van der Waals surface area contributed by atoms with Crippen molar-refractivity contribution in [3.63, 3.8) is 0 Å². The molecule has 1 fully saturated rings. The number of amides is 1. The number of nitrogens with zero attached hydrogens (tertiary/aromatic N) is 1. The zero-order valence-corrected chi connectivity index (χ0v) is 28.9. The lowest BCUT2D eigenvalue weighted by atomic mass is 9.86. The normalized spacial score (nSPS) is 18.3. The number of rotatable bonds is 10. The average Bonchev–Trinajstić information content (AvgIpc) is 3.61. The number of halogens is 4. The lowest BCUT2D eigenvalue weighted by Crippen LogP contribution is -2.50. The molecule has 1 amide bonds. The van der Waals surface area contributed by atoms with E-state index in [9.17, 15) is 14.4 Å². The SMILES string of the molecule is CC(C)(C)C(COC(=O)OCC(Cl)(Cl)Cl)NC(=O)C(C1CC(CI)OC1=O)n1ccc(-c2ccc(-c3ccccc3)cc2)c1. The first-order chi connectivity index (χ1) is 20.7. The molecule has 1 aromatic heterocycles. The van der Waals surface area contributed by atoms with Gasteiger partial charge in [0.1, 0.15) is 25.4 Å². The summed E-state index contributed by atoms with van der Waals surface area (Å²) < 4.78 is 16.3. The maximum absolute atomic E-state index is 14.0. The van der Waals surface area contributed by atoms with E-state index < -0.39 is 51.8 Å². The van der Waals surface area contributed by atoms with Crippen LogP contribution in [0.5, 0.6) is 0 Å². The van der Waals surface area contributed by atoms with E-state index in [2.05, 4.69) is 52.2 Å². The van der Waals surface area contributed by atoms with Gasteiger partial charge in [-0.05, 0) is 33.7 Å². The minimum atomic E-state index is -1.78. The molecule has 8 nitrogen and oxygen atoms in total. The summed E-state index contributed by atoms with van der Waals surface area (Å²) in [6, 6.07) is 18.7. The molecule has 0 spiro atoms. The highest BCUT2D eigenvalue weighted by Crippen LogP contribution is 2.35. The van der Waals surface area contributed by atoms with Crippen LogP contribution in [0.25, 0.3) is 22.3 Å².